The largest absolute Gasteiger partial charge is 0.477 e. The second-order valence-electron chi connectivity index (χ2n) is 4.08. The number of carboxylic acid groups (broad SMARTS) is 1. The van der Waals surface area contributed by atoms with Gasteiger partial charge in [-0.05, 0) is 25.0 Å². The van der Waals surface area contributed by atoms with Gasteiger partial charge in [-0.2, -0.15) is 0 Å². The van der Waals surface area contributed by atoms with E-state index in [-0.39, 0.29) is 17.7 Å². The van der Waals surface area contributed by atoms with E-state index in [0.29, 0.717) is 12.1 Å². The Morgan fingerprint density at radius 2 is 2.39 bits per heavy atom. The van der Waals surface area contributed by atoms with Gasteiger partial charge in [0.15, 0.2) is 0 Å². The predicted octanol–water partition coefficient (Wildman–Crippen LogP) is 0.689. The molecule has 0 saturated carbocycles. The Labute approximate surface area is 104 Å². The first-order valence-electron chi connectivity index (χ1n) is 5.76. The monoisotopic (exact) mass is 250 g/mol. The number of ether oxygens (including phenoxy) is 1. The number of hydrogen-bond donors (Lipinski definition) is 2. The van der Waals surface area contributed by atoms with Crippen molar-refractivity contribution >= 4 is 11.9 Å². The first kappa shape index (κ1) is 12.5. The minimum atomic E-state index is -1.15. The highest BCUT2D eigenvalue weighted by atomic mass is 16.5. The lowest BCUT2D eigenvalue weighted by Crippen LogP contribution is -2.31. The molecule has 1 saturated heterocycles. The minimum absolute atomic E-state index is 0.0646. The van der Waals surface area contributed by atoms with Gasteiger partial charge in [0.1, 0.15) is 5.69 Å². The minimum Gasteiger partial charge on any atom is -0.477 e. The number of rotatable bonds is 4. The molecule has 1 aromatic rings. The molecular weight excluding hydrogens is 236 g/mol. The van der Waals surface area contributed by atoms with E-state index in [1.807, 2.05) is 0 Å². The zero-order valence-electron chi connectivity index (χ0n) is 9.76. The molecule has 1 atom stereocenters. The Balaban J connectivity index is 1.95. The van der Waals surface area contributed by atoms with Gasteiger partial charge in [-0.3, -0.25) is 4.79 Å². The lowest BCUT2D eigenvalue weighted by molar-refractivity contribution is 0.0690. The molecule has 0 bridgehead atoms. The summed E-state index contributed by atoms with van der Waals surface area (Å²) in [4.78, 5) is 26.2. The van der Waals surface area contributed by atoms with Gasteiger partial charge in [-0.1, -0.05) is 0 Å². The van der Waals surface area contributed by atoms with Crippen molar-refractivity contribution in [3.63, 3.8) is 0 Å². The van der Waals surface area contributed by atoms with Crippen LogP contribution in [0.5, 0.6) is 0 Å². The quantitative estimate of drug-likeness (QED) is 0.820. The van der Waals surface area contributed by atoms with E-state index < -0.39 is 5.97 Å². The highest BCUT2D eigenvalue weighted by Crippen LogP contribution is 2.11. The second-order valence-corrected chi connectivity index (χ2v) is 4.08. The Kier molecular flexibility index (Phi) is 3.88. The molecule has 0 radical (unpaired) electrons. The predicted molar refractivity (Wildman–Crippen MR) is 62.5 cm³/mol. The summed E-state index contributed by atoms with van der Waals surface area (Å²) in [6.07, 6.45) is 3.33. The third-order valence-corrected chi connectivity index (χ3v) is 2.76. The fraction of sp³-hybridized carbons (Fsp3) is 0.417. The van der Waals surface area contributed by atoms with E-state index >= 15 is 0 Å². The van der Waals surface area contributed by atoms with E-state index in [1.165, 1.54) is 18.3 Å². The number of aromatic nitrogens is 1. The van der Waals surface area contributed by atoms with Crippen molar-refractivity contribution in [2.75, 3.05) is 13.2 Å². The Morgan fingerprint density at radius 1 is 1.56 bits per heavy atom. The van der Waals surface area contributed by atoms with Gasteiger partial charge in [-0.25, -0.2) is 9.78 Å². The molecule has 2 heterocycles. The molecule has 1 fully saturated rings. The first-order chi connectivity index (χ1) is 8.66. The van der Waals surface area contributed by atoms with Crippen molar-refractivity contribution in [1.82, 2.24) is 10.3 Å². The average Bonchev–Trinajstić information content (AvgIpc) is 2.89. The molecule has 6 heteroatoms. The highest BCUT2D eigenvalue weighted by Gasteiger charge is 2.17. The van der Waals surface area contributed by atoms with Gasteiger partial charge in [0.05, 0.1) is 6.10 Å². The van der Waals surface area contributed by atoms with Crippen molar-refractivity contribution < 1.29 is 19.4 Å². The van der Waals surface area contributed by atoms with Crippen molar-refractivity contribution in [2.45, 2.75) is 18.9 Å². The molecule has 6 nitrogen and oxygen atoms in total. The van der Waals surface area contributed by atoms with Gasteiger partial charge in [0, 0.05) is 24.9 Å². The SMILES string of the molecule is O=C(NCC1CCCO1)c1ccnc(C(=O)O)c1. The summed E-state index contributed by atoms with van der Waals surface area (Å²) in [5.41, 5.74) is 0.153. The molecule has 0 aromatic carbocycles. The summed E-state index contributed by atoms with van der Waals surface area (Å²) in [6.45, 7) is 1.18. The fourth-order valence-electron chi connectivity index (χ4n) is 1.80. The number of carbonyl (C=O) groups is 2. The molecule has 1 amide bonds. The van der Waals surface area contributed by atoms with E-state index in [4.69, 9.17) is 9.84 Å². The van der Waals surface area contributed by atoms with Crippen LogP contribution in [0.25, 0.3) is 0 Å². The zero-order chi connectivity index (χ0) is 13.0. The maximum atomic E-state index is 11.8. The van der Waals surface area contributed by atoms with Gasteiger partial charge in [0.2, 0.25) is 0 Å². The van der Waals surface area contributed by atoms with Crippen LogP contribution >= 0.6 is 0 Å². The number of aromatic carboxylic acids is 1. The van der Waals surface area contributed by atoms with Crippen LogP contribution in [0.4, 0.5) is 0 Å². The first-order valence-corrected chi connectivity index (χ1v) is 5.76. The lowest BCUT2D eigenvalue weighted by atomic mass is 10.2. The zero-order valence-corrected chi connectivity index (χ0v) is 9.76. The van der Waals surface area contributed by atoms with Crippen molar-refractivity contribution in [3.05, 3.63) is 29.6 Å². The molecule has 1 aliphatic heterocycles. The molecule has 1 unspecified atom stereocenters. The number of nitrogens with one attached hydrogen (secondary N) is 1. The van der Waals surface area contributed by atoms with Crippen LogP contribution in [-0.2, 0) is 4.74 Å². The van der Waals surface area contributed by atoms with Gasteiger partial charge in [-0.15, -0.1) is 0 Å². The van der Waals surface area contributed by atoms with Crippen LogP contribution in [0.3, 0.4) is 0 Å². The number of carboxylic acids is 1. The topological polar surface area (TPSA) is 88.5 Å². The summed E-state index contributed by atoms with van der Waals surface area (Å²) in [5, 5.41) is 11.5. The normalized spacial score (nSPS) is 18.6. The van der Waals surface area contributed by atoms with Crippen LogP contribution in [0.2, 0.25) is 0 Å². The van der Waals surface area contributed by atoms with Crippen LogP contribution < -0.4 is 5.32 Å². The maximum Gasteiger partial charge on any atom is 0.354 e. The number of pyridine rings is 1. The molecular formula is C12H14N2O4. The second kappa shape index (κ2) is 5.59. The van der Waals surface area contributed by atoms with Crippen LogP contribution in [0.15, 0.2) is 18.3 Å². The summed E-state index contributed by atoms with van der Waals surface area (Å²) in [7, 11) is 0. The molecule has 2 N–H and O–H groups in total. The molecule has 2 rings (SSSR count). The van der Waals surface area contributed by atoms with Crippen molar-refractivity contribution in [3.8, 4) is 0 Å². The van der Waals surface area contributed by atoms with Gasteiger partial charge >= 0.3 is 5.97 Å². The molecule has 96 valence electrons. The van der Waals surface area contributed by atoms with Crippen LogP contribution in [0.1, 0.15) is 33.7 Å². The molecule has 0 spiro atoms. The summed E-state index contributed by atoms with van der Waals surface area (Å²) < 4.78 is 5.38. The molecule has 1 aliphatic rings. The van der Waals surface area contributed by atoms with E-state index in [0.717, 1.165) is 19.4 Å². The summed E-state index contributed by atoms with van der Waals surface area (Å²) in [6, 6.07) is 2.74. The van der Waals surface area contributed by atoms with Crippen molar-refractivity contribution in [2.24, 2.45) is 0 Å². The Hall–Kier alpha value is -1.95. The van der Waals surface area contributed by atoms with Gasteiger partial charge in [0.25, 0.3) is 5.91 Å². The highest BCUT2D eigenvalue weighted by molar-refractivity contribution is 5.96. The van der Waals surface area contributed by atoms with E-state index in [1.54, 1.807) is 0 Å². The average molecular weight is 250 g/mol. The fourth-order valence-corrected chi connectivity index (χ4v) is 1.80. The number of carbonyl (C=O) groups excluding carboxylic acids is 1. The number of nitrogens with zero attached hydrogens (tertiary/aromatic N) is 1. The number of amides is 1. The molecule has 0 aliphatic carbocycles. The Bertz CT molecular complexity index is 455. The molecule has 18 heavy (non-hydrogen) atoms. The standard InChI is InChI=1S/C12H14N2O4/c15-11(14-7-9-2-1-5-18-9)8-3-4-13-10(6-8)12(16)17/h3-4,6,9H,1-2,5,7H2,(H,14,15)(H,16,17). The van der Waals surface area contributed by atoms with Crippen molar-refractivity contribution in [1.29, 1.82) is 0 Å². The maximum absolute atomic E-state index is 11.8. The van der Waals surface area contributed by atoms with Crippen LogP contribution in [-0.4, -0.2) is 41.2 Å². The smallest absolute Gasteiger partial charge is 0.354 e. The summed E-state index contributed by atoms with van der Waals surface area (Å²) in [5.74, 6) is -1.46. The summed E-state index contributed by atoms with van der Waals surface area (Å²) >= 11 is 0. The lowest BCUT2D eigenvalue weighted by Gasteiger charge is -2.10. The third-order valence-electron chi connectivity index (χ3n) is 2.76. The Morgan fingerprint density at radius 3 is 3.06 bits per heavy atom. The van der Waals surface area contributed by atoms with E-state index in [9.17, 15) is 9.59 Å². The third kappa shape index (κ3) is 3.04. The van der Waals surface area contributed by atoms with E-state index in [2.05, 4.69) is 10.3 Å². The number of hydrogen-bond acceptors (Lipinski definition) is 4. The van der Waals surface area contributed by atoms with Crippen LogP contribution in [0, 0.1) is 0 Å². The molecule has 1 aromatic heterocycles. The van der Waals surface area contributed by atoms with Gasteiger partial charge < -0.3 is 15.2 Å².